The molecule has 6 rings (SSSR count). The van der Waals surface area contributed by atoms with Gasteiger partial charge in [-0.25, -0.2) is 0 Å². The van der Waals surface area contributed by atoms with Crippen LogP contribution in [0.15, 0.2) is 47.1 Å². The maximum atomic E-state index is 12.8. The monoisotopic (exact) mass is 450 g/mol. The molecule has 3 saturated carbocycles. The number of esters is 1. The van der Waals surface area contributed by atoms with Crippen LogP contribution in [-0.4, -0.2) is 23.1 Å². The normalized spacial score (nSPS) is 41.7. The van der Waals surface area contributed by atoms with Crippen LogP contribution >= 0.6 is 11.8 Å². The Balaban J connectivity index is 1.03. The molecule has 0 aromatic carbocycles. The summed E-state index contributed by atoms with van der Waals surface area (Å²) in [6.07, 6.45) is 24.6. The molecule has 32 heavy (non-hydrogen) atoms. The van der Waals surface area contributed by atoms with Crippen LogP contribution < -0.4 is 0 Å². The van der Waals surface area contributed by atoms with Crippen LogP contribution in [0.3, 0.4) is 0 Å². The minimum absolute atomic E-state index is 0.0170. The maximum absolute atomic E-state index is 12.8. The summed E-state index contributed by atoms with van der Waals surface area (Å²) in [5.41, 5.74) is 4.34. The number of carbonyl (C=O) groups is 1. The van der Waals surface area contributed by atoms with Crippen molar-refractivity contribution in [2.45, 2.75) is 76.7 Å². The molecule has 0 N–H and O–H groups in total. The molecule has 6 aliphatic rings. The summed E-state index contributed by atoms with van der Waals surface area (Å²) in [6, 6.07) is 0. The molecule has 7 atom stereocenters. The van der Waals surface area contributed by atoms with Crippen molar-refractivity contribution >= 4 is 17.7 Å². The van der Waals surface area contributed by atoms with E-state index in [0.717, 1.165) is 41.8 Å². The van der Waals surface area contributed by atoms with Crippen molar-refractivity contribution in [2.24, 2.45) is 35.5 Å². The van der Waals surface area contributed by atoms with Crippen LogP contribution in [0.1, 0.15) is 71.1 Å². The highest BCUT2D eigenvalue weighted by atomic mass is 32.2. The Morgan fingerprint density at radius 3 is 2.91 bits per heavy atom. The molecule has 0 aromatic heterocycles. The molecule has 0 spiro atoms. The van der Waals surface area contributed by atoms with Gasteiger partial charge in [0.15, 0.2) is 0 Å². The largest absolute Gasteiger partial charge is 0.458 e. The summed E-state index contributed by atoms with van der Waals surface area (Å²) in [5.74, 6) is 6.28. The predicted octanol–water partition coefficient (Wildman–Crippen LogP) is 7.04. The van der Waals surface area contributed by atoms with Gasteiger partial charge in [0, 0.05) is 5.75 Å². The smallest absolute Gasteiger partial charge is 0.316 e. The molecule has 0 amide bonds. The lowest BCUT2D eigenvalue weighted by atomic mass is 9.71. The number of allylic oxidation sites excluding steroid dienone is 7. The molecule has 0 saturated heterocycles. The third-order valence-electron chi connectivity index (χ3n) is 9.75. The summed E-state index contributed by atoms with van der Waals surface area (Å²) < 4.78 is 6.24. The molecule has 3 heteroatoms. The van der Waals surface area contributed by atoms with E-state index in [2.05, 4.69) is 37.3 Å². The van der Waals surface area contributed by atoms with Gasteiger partial charge in [0.05, 0.1) is 5.75 Å². The van der Waals surface area contributed by atoms with Crippen molar-refractivity contribution < 1.29 is 9.53 Å². The third-order valence-corrected chi connectivity index (χ3v) is 10.8. The average Bonchev–Trinajstić information content (AvgIpc) is 3.04. The molecular weight excluding hydrogens is 412 g/mol. The number of ether oxygens (including phenoxy) is 1. The topological polar surface area (TPSA) is 26.3 Å². The lowest BCUT2D eigenvalue weighted by molar-refractivity contribution is -0.163. The second-order valence-electron chi connectivity index (χ2n) is 11.8. The maximum Gasteiger partial charge on any atom is 0.316 e. The highest BCUT2D eigenvalue weighted by Crippen LogP contribution is 2.56. The van der Waals surface area contributed by atoms with E-state index in [0.29, 0.717) is 11.7 Å². The van der Waals surface area contributed by atoms with Gasteiger partial charge in [-0.3, -0.25) is 4.79 Å². The highest BCUT2D eigenvalue weighted by Gasteiger charge is 2.51. The SMILES string of the molecule is CC1(OC(=O)CSCC2=CC3=CC4=CC=CC[C@H]4C[C@H]3CC2)CCC2CC3CC1C[C@H]2C3. The Hall–Kier alpha value is -1.22. The molecule has 0 aromatic rings. The number of fused-ring (bicyclic) bond motifs is 4. The van der Waals surface area contributed by atoms with Crippen LogP contribution in [0.25, 0.3) is 0 Å². The molecule has 0 heterocycles. The van der Waals surface area contributed by atoms with E-state index in [-0.39, 0.29) is 11.6 Å². The number of carbonyl (C=O) groups excluding carboxylic acids is 1. The van der Waals surface area contributed by atoms with Crippen molar-refractivity contribution in [2.75, 3.05) is 11.5 Å². The fraction of sp³-hybridized carbons (Fsp3) is 0.690. The van der Waals surface area contributed by atoms with E-state index >= 15 is 0 Å². The highest BCUT2D eigenvalue weighted by molar-refractivity contribution is 8.00. The Morgan fingerprint density at radius 2 is 1.97 bits per heavy atom. The fourth-order valence-electron chi connectivity index (χ4n) is 8.01. The second-order valence-corrected chi connectivity index (χ2v) is 12.8. The van der Waals surface area contributed by atoms with Crippen molar-refractivity contribution in [3.63, 3.8) is 0 Å². The van der Waals surface area contributed by atoms with Gasteiger partial charge in [-0.05, 0) is 118 Å². The number of rotatable bonds is 5. The lowest BCUT2D eigenvalue weighted by Gasteiger charge is -2.40. The average molecular weight is 451 g/mol. The third kappa shape index (κ3) is 4.08. The fourth-order valence-corrected chi connectivity index (χ4v) is 8.83. The zero-order valence-corrected chi connectivity index (χ0v) is 20.4. The first kappa shape index (κ1) is 21.3. The van der Waals surface area contributed by atoms with Gasteiger partial charge in [0.2, 0.25) is 0 Å². The molecule has 0 radical (unpaired) electrons. The van der Waals surface area contributed by atoms with Crippen molar-refractivity contribution in [3.05, 3.63) is 47.1 Å². The predicted molar refractivity (Wildman–Crippen MR) is 132 cm³/mol. The molecule has 0 aliphatic heterocycles. The van der Waals surface area contributed by atoms with Gasteiger partial charge in [-0.15, -0.1) is 11.8 Å². The first-order chi connectivity index (χ1) is 15.6. The van der Waals surface area contributed by atoms with Gasteiger partial charge < -0.3 is 4.74 Å². The molecular formula is C29H38O2S. The van der Waals surface area contributed by atoms with Crippen molar-refractivity contribution in [3.8, 4) is 0 Å². The number of hydrogen-bond acceptors (Lipinski definition) is 3. The summed E-state index contributed by atoms with van der Waals surface area (Å²) in [4.78, 5) is 12.8. The van der Waals surface area contributed by atoms with Crippen LogP contribution in [0.5, 0.6) is 0 Å². The van der Waals surface area contributed by atoms with Gasteiger partial charge in [-0.2, -0.15) is 0 Å². The quantitative estimate of drug-likeness (QED) is 0.420. The van der Waals surface area contributed by atoms with Gasteiger partial charge in [0.25, 0.3) is 0 Å². The Labute approximate surface area is 198 Å². The zero-order valence-electron chi connectivity index (χ0n) is 19.6. The molecule has 4 unspecified atom stereocenters. The molecule has 3 bridgehead atoms. The first-order valence-electron chi connectivity index (χ1n) is 13.1. The van der Waals surface area contributed by atoms with E-state index in [1.165, 1.54) is 74.5 Å². The Kier molecular flexibility index (Phi) is 5.68. The van der Waals surface area contributed by atoms with E-state index in [4.69, 9.17) is 4.74 Å². The molecule has 2 nitrogen and oxygen atoms in total. The summed E-state index contributed by atoms with van der Waals surface area (Å²) >= 11 is 1.76. The second kappa shape index (κ2) is 8.53. The van der Waals surface area contributed by atoms with E-state index < -0.39 is 0 Å². The summed E-state index contributed by atoms with van der Waals surface area (Å²) in [6.45, 7) is 2.25. The van der Waals surface area contributed by atoms with E-state index in [1.54, 1.807) is 11.8 Å². The Bertz CT molecular complexity index is 895. The van der Waals surface area contributed by atoms with Crippen LogP contribution in [0.4, 0.5) is 0 Å². The molecule has 172 valence electrons. The van der Waals surface area contributed by atoms with Crippen LogP contribution in [0.2, 0.25) is 0 Å². The molecule has 6 aliphatic carbocycles. The van der Waals surface area contributed by atoms with Crippen LogP contribution in [0, 0.1) is 35.5 Å². The standard InChI is InChI=1S/C29H38O2S/c1-29(9-8-24-11-20-12-26(24)16-27(29)13-20)31-28(30)18-32-17-19-6-7-23-14-21-4-2-3-5-22(21)15-25(23)10-19/h2-3,5,10,15,20-21,23-24,26-27H,4,6-9,11-14,16-18H2,1H3/t20?,21-,23+,24?,26+,27?,29?/m0/s1. The minimum Gasteiger partial charge on any atom is -0.458 e. The van der Waals surface area contributed by atoms with Crippen molar-refractivity contribution in [1.82, 2.24) is 0 Å². The summed E-state index contributed by atoms with van der Waals surface area (Å²) in [5, 5.41) is 0. The van der Waals surface area contributed by atoms with E-state index in [1.807, 2.05) is 0 Å². The lowest BCUT2D eigenvalue weighted by Crippen LogP contribution is -2.42. The first-order valence-corrected chi connectivity index (χ1v) is 14.3. The zero-order chi connectivity index (χ0) is 21.7. The van der Waals surface area contributed by atoms with Crippen LogP contribution in [-0.2, 0) is 9.53 Å². The van der Waals surface area contributed by atoms with E-state index in [9.17, 15) is 4.79 Å². The van der Waals surface area contributed by atoms with Crippen molar-refractivity contribution in [1.29, 1.82) is 0 Å². The number of thioether (sulfide) groups is 1. The Morgan fingerprint density at radius 1 is 1.06 bits per heavy atom. The summed E-state index contributed by atoms with van der Waals surface area (Å²) in [7, 11) is 0. The molecule has 3 fully saturated rings. The number of hydrogen-bond donors (Lipinski definition) is 0. The van der Waals surface area contributed by atoms with Gasteiger partial charge in [-0.1, -0.05) is 36.0 Å². The van der Waals surface area contributed by atoms with Gasteiger partial charge >= 0.3 is 5.97 Å². The minimum atomic E-state index is -0.216. The van der Waals surface area contributed by atoms with Gasteiger partial charge in [0.1, 0.15) is 5.60 Å².